The normalized spacial score (nSPS) is 13.4. The highest BCUT2D eigenvalue weighted by atomic mass is 16.5. The molecular weight excluding hydrogens is 270 g/mol. The van der Waals surface area contributed by atoms with E-state index in [1.165, 1.54) is 0 Å². The zero-order chi connectivity index (χ0) is 15.7. The van der Waals surface area contributed by atoms with E-state index in [2.05, 4.69) is 5.32 Å². The lowest BCUT2D eigenvalue weighted by atomic mass is 10.0. The summed E-state index contributed by atoms with van der Waals surface area (Å²) in [5.74, 6) is -1.74. The average molecular weight is 293 g/mol. The number of carbonyl (C=O) groups is 2. The van der Waals surface area contributed by atoms with Crippen molar-refractivity contribution in [3.8, 4) is 0 Å². The van der Waals surface area contributed by atoms with Gasteiger partial charge in [-0.05, 0) is 18.9 Å². The van der Waals surface area contributed by atoms with Gasteiger partial charge in [-0.3, -0.25) is 9.59 Å². The number of carboxylic acids is 1. The number of amides is 1. The van der Waals surface area contributed by atoms with Gasteiger partial charge in [-0.1, -0.05) is 43.7 Å². The lowest BCUT2D eigenvalue weighted by molar-refractivity contribution is -0.142. The number of rotatable bonds is 9. The first kappa shape index (κ1) is 17.2. The van der Waals surface area contributed by atoms with Crippen LogP contribution >= 0.6 is 0 Å². The highest BCUT2D eigenvalue weighted by Gasteiger charge is 2.23. The second-order valence-corrected chi connectivity index (χ2v) is 4.82. The number of benzene rings is 1. The van der Waals surface area contributed by atoms with Crippen LogP contribution < -0.4 is 5.32 Å². The van der Waals surface area contributed by atoms with E-state index in [-0.39, 0.29) is 12.5 Å². The highest BCUT2D eigenvalue weighted by molar-refractivity contribution is 5.82. The van der Waals surface area contributed by atoms with Crippen LogP contribution in [0.1, 0.15) is 38.4 Å². The van der Waals surface area contributed by atoms with E-state index in [4.69, 9.17) is 9.84 Å². The van der Waals surface area contributed by atoms with Gasteiger partial charge in [-0.2, -0.15) is 0 Å². The Hall–Kier alpha value is -1.88. The molecule has 0 bridgehead atoms. The van der Waals surface area contributed by atoms with E-state index >= 15 is 0 Å². The molecule has 2 N–H and O–H groups in total. The molecule has 1 rings (SSSR count). The van der Waals surface area contributed by atoms with E-state index in [1.807, 2.05) is 44.2 Å². The summed E-state index contributed by atoms with van der Waals surface area (Å²) in [7, 11) is 0. The average Bonchev–Trinajstić information content (AvgIpc) is 2.49. The molecule has 0 heterocycles. The first-order valence-corrected chi connectivity index (χ1v) is 7.27. The summed E-state index contributed by atoms with van der Waals surface area (Å²) >= 11 is 0. The van der Waals surface area contributed by atoms with Gasteiger partial charge in [-0.25, -0.2) is 0 Å². The van der Waals surface area contributed by atoms with Crippen molar-refractivity contribution in [2.45, 2.75) is 32.8 Å². The minimum Gasteiger partial charge on any atom is -0.481 e. The molecule has 1 aromatic carbocycles. The second-order valence-electron chi connectivity index (χ2n) is 4.82. The highest BCUT2D eigenvalue weighted by Crippen LogP contribution is 2.17. The predicted octanol–water partition coefficient (Wildman–Crippen LogP) is 2.38. The molecule has 0 saturated carbocycles. The minimum absolute atomic E-state index is 0.123. The molecule has 116 valence electrons. The van der Waals surface area contributed by atoms with E-state index in [9.17, 15) is 9.59 Å². The summed E-state index contributed by atoms with van der Waals surface area (Å²) in [4.78, 5) is 23.3. The van der Waals surface area contributed by atoms with Gasteiger partial charge in [0.15, 0.2) is 6.10 Å². The molecule has 0 radical (unpaired) electrons. The zero-order valence-electron chi connectivity index (χ0n) is 12.5. The maximum atomic E-state index is 12.2. The first-order chi connectivity index (χ1) is 10.1. The van der Waals surface area contributed by atoms with Crippen molar-refractivity contribution in [1.82, 2.24) is 5.32 Å². The molecule has 0 fully saturated rings. The Kier molecular flexibility index (Phi) is 7.46. The molecule has 2 unspecified atom stereocenters. The molecule has 21 heavy (non-hydrogen) atoms. The van der Waals surface area contributed by atoms with Gasteiger partial charge in [-0.15, -0.1) is 0 Å². The summed E-state index contributed by atoms with van der Waals surface area (Å²) in [5, 5.41) is 11.8. The van der Waals surface area contributed by atoms with Crippen LogP contribution in [0.4, 0.5) is 0 Å². The standard InChI is InChI=1S/C16H23NO4/c1-3-8-13(16(19)20)11-17-15(18)14(21-4-2)12-9-6-5-7-10-12/h5-7,9-10,13-14H,3-4,8,11H2,1-2H3,(H,17,18)(H,19,20). The van der Waals surface area contributed by atoms with Crippen LogP contribution in [-0.4, -0.2) is 30.1 Å². The van der Waals surface area contributed by atoms with Crippen LogP contribution in [0.25, 0.3) is 0 Å². The van der Waals surface area contributed by atoms with Crippen molar-refractivity contribution in [3.05, 3.63) is 35.9 Å². The van der Waals surface area contributed by atoms with Crippen molar-refractivity contribution in [2.75, 3.05) is 13.2 Å². The Bertz CT molecular complexity index is 447. The number of aliphatic carboxylic acids is 1. The maximum Gasteiger partial charge on any atom is 0.308 e. The SMILES string of the molecule is CCCC(CNC(=O)C(OCC)c1ccccc1)C(=O)O. The largest absolute Gasteiger partial charge is 0.481 e. The van der Waals surface area contributed by atoms with Gasteiger partial charge < -0.3 is 15.2 Å². The molecule has 0 saturated heterocycles. The van der Waals surface area contributed by atoms with Crippen LogP contribution in [0, 0.1) is 5.92 Å². The zero-order valence-corrected chi connectivity index (χ0v) is 12.5. The van der Waals surface area contributed by atoms with Gasteiger partial charge in [0.05, 0.1) is 5.92 Å². The lowest BCUT2D eigenvalue weighted by Crippen LogP contribution is -2.36. The van der Waals surface area contributed by atoms with Crippen LogP contribution in [0.2, 0.25) is 0 Å². The van der Waals surface area contributed by atoms with Crippen molar-refractivity contribution < 1.29 is 19.4 Å². The summed E-state index contributed by atoms with van der Waals surface area (Å²) in [6.45, 7) is 4.27. The number of carbonyl (C=O) groups excluding carboxylic acids is 1. The Morgan fingerprint density at radius 3 is 2.43 bits per heavy atom. The quantitative estimate of drug-likeness (QED) is 0.733. The molecule has 0 spiro atoms. The van der Waals surface area contributed by atoms with E-state index < -0.39 is 18.0 Å². The summed E-state index contributed by atoms with van der Waals surface area (Å²) in [6, 6.07) is 9.19. The monoisotopic (exact) mass is 293 g/mol. The van der Waals surface area contributed by atoms with Crippen molar-refractivity contribution >= 4 is 11.9 Å². The molecule has 0 aliphatic rings. The fourth-order valence-electron chi connectivity index (χ4n) is 2.10. The molecule has 1 amide bonds. The molecule has 0 aliphatic heterocycles. The number of ether oxygens (including phenoxy) is 1. The van der Waals surface area contributed by atoms with E-state index in [0.29, 0.717) is 13.0 Å². The number of hydrogen-bond acceptors (Lipinski definition) is 3. The van der Waals surface area contributed by atoms with Crippen LogP contribution in [-0.2, 0) is 14.3 Å². The lowest BCUT2D eigenvalue weighted by Gasteiger charge is -2.19. The predicted molar refractivity (Wildman–Crippen MR) is 79.9 cm³/mol. The maximum absolute atomic E-state index is 12.2. The molecule has 1 aromatic rings. The fourth-order valence-corrected chi connectivity index (χ4v) is 2.10. The Labute approximate surface area is 125 Å². The molecule has 5 heteroatoms. The van der Waals surface area contributed by atoms with Gasteiger partial charge in [0.2, 0.25) is 0 Å². The summed E-state index contributed by atoms with van der Waals surface area (Å²) < 4.78 is 5.48. The second kappa shape index (κ2) is 9.13. The third kappa shape index (κ3) is 5.55. The first-order valence-electron chi connectivity index (χ1n) is 7.27. The van der Waals surface area contributed by atoms with E-state index in [1.54, 1.807) is 0 Å². The molecule has 0 aliphatic carbocycles. The Morgan fingerprint density at radius 2 is 1.90 bits per heavy atom. The Morgan fingerprint density at radius 1 is 1.24 bits per heavy atom. The van der Waals surface area contributed by atoms with Gasteiger partial charge in [0.1, 0.15) is 0 Å². The third-order valence-corrected chi connectivity index (χ3v) is 3.18. The molecule has 2 atom stereocenters. The molecule has 0 aromatic heterocycles. The van der Waals surface area contributed by atoms with Crippen molar-refractivity contribution in [2.24, 2.45) is 5.92 Å². The molecular formula is C16H23NO4. The topological polar surface area (TPSA) is 75.6 Å². The number of nitrogens with one attached hydrogen (secondary N) is 1. The summed E-state index contributed by atoms with van der Waals surface area (Å²) in [5.41, 5.74) is 0.763. The number of carboxylic acid groups (broad SMARTS) is 1. The van der Waals surface area contributed by atoms with Gasteiger partial charge >= 0.3 is 5.97 Å². The van der Waals surface area contributed by atoms with Gasteiger partial charge in [0.25, 0.3) is 5.91 Å². The molecule has 5 nitrogen and oxygen atoms in total. The number of hydrogen-bond donors (Lipinski definition) is 2. The smallest absolute Gasteiger partial charge is 0.308 e. The van der Waals surface area contributed by atoms with Crippen LogP contribution in [0.15, 0.2) is 30.3 Å². The van der Waals surface area contributed by atoms with Crippen LogP contribution in [0.5, 0.6) is 0 Å². The van der Waals surface area contributed by atoms with Gasteiger partial charge in [0, 0.05) is 13.2 Å². The Balaban J connectivity index is 2.67. The van der Waals surface area contributed by atoms with E-state index in [0.717, 1.165) is 12.0 Å². The fraction of sp³-hybridized carbons (Fsp3) is 0.500. The van der Waals surface area contributed by atoms with Crippen molar-refractivity contribution in [3.63, 3.8) is 0 Å². The summed E-state index contributed by atoms with van der Waals surface area (Å²) in [6.07, 6.45) is 0.605. The van der Waals surface area contributed by atoms with Crippen LogP contribution in [0.3, 0.4) is 0 Å². The van der Waals surface area contributed by atoms with Crippen molar-refractivity contribution in [1.29, 1.82) is 0 Å². The third-order valence-electron chi connectivity index (χ3n) is 3.18. The minimum atomic E-state index is -0.884.